The minimum Gasteiger partial charge on any atom is -0.369 e. The first-order valence-electron chi connectivity index (χ1n) is 14.8. The van der Waals surface area contributed by atoms with Crippen molar-refractivity contribution in [2.45, 2.75) is 56.7 Å². The molecule has 1 N–H and O–H groups in total. The maximum Gasteiger partial charge on any atom is 0.261 e. The molecule has 0 spiro atoms. The van der Waals surface area contributed by atoms with Gasteiger partial charge in [-0.25, -0.2) is 4.39 Å². The first-order valence-corrected chi connectivity index (χ1v) is 15.7. The molecule has 2 aromatic carbocycles. The predicted octanol–water partition coefficient (Wildman–Crippen LogP) is 4.94. The van der Waals surface area contributed by atoms with Crippen LogP contribution in [-0.4, -0.2) is 78.7 Å². The molecule has 0 radical (unpaired) electrons. The zero-order valence-electron chi connectivity index (χ0n) is 23.5. The predicted molar refractivity (Wildman–Crippen MR) is 162 cm³/mol. The fraction of sp³-hybridized carbons (Fsp3) is 0.500. The molecule has 0 aromatic heterocycles. The molecule has 5 rings (SSSR count). The Kier molecular flexibility index (Phi) is 9.81. The van der Waals surface area contributed by atoms with Gasteiger partial charge >= 0.3 is 0 Å². The van der Waals surface area contributed by atoms with E-state index in [-0.39, 0.29) is 30.2 Å². The first-order chi connectivity index (χ1) is 19.5. The Morgan fingerprint density at radius 2 is 1.75 bits per heavy atom. The highest BCUT2D eigenvalue weighted by atomic mass is 32.2. The largest absolute Gasteiger partial charge is 0.369 e. The van der Waals surface area contributed by atoms with Crippen LogP contribution >= 0.6 is 11.8 Å². The van der Waals surface area contributed by atoms with Gasteiger partial charge in [0.1, 0.15) is 12.4 Å². The maximum atomic E-state index is 13.6. The standard InChI is InChI=1S/C32H41FN4O2S/c1-2-24-8-10-25(11-9-24)22-30-32(39)37(28-6-3-4-7-29(28)40-30)23-31(38)34-16-5-17-35-18-20-36(21-19-35)27-14-12-26(33)13-15-27/h8-15,22,28-29H,2-7,16-21,23H2,1H3,(H,34,38)/b30-22-. The number of aryl methyl sites for hydroxylation is 1. The van der Waals surface area contributed by atoms with Gasteiger partial charge in [-0.15, -0.1) is 11.8 Å². The van der Waals surface area contributed by atoms with Crippen molar-refractivity contribution in [3.8, 4) is 0 Å². The Bertz CT molecular complexity index is 1180. The van der Waals surface area contributed by atoms with Gasteiger partial charge in [0, 0.05) is 49.7 Å². The number of thioether (sulfide) groups is 1. The van der Waals surface area contributed by atoms with Crippen LogP contribution in [0.5, 0.6) is 0 Å². The Hall–Kier alpha value is -2.84. The minimum atomic E-state index is -0.207. The van der Waals surface area contributed by atoms with E-state index < -0.39 is 0 Å². The number of fused-ring (bicyclic) bond motifs is 1. The van der Waals surface area contributed by atoms with Gasteiger partial charge in [-0.1, -0.05) is 44.0 Å². The molecule has 8 heteroatoms. The van der Waals surface area contributed by atoms with E-state index in [1.165, 1.54) is 24.1 Å². The second kappa shape index (κ2) is 13.7. The van der Waals surface area contributed by atoms with E-state index in [0.29, 0.717) is 11.8 Å². The average Bonchev–Trinajstić information content (AvgIpc) is 2.98. The molecule has 2 amide bonds. The van der Waals surface area contributed by atoms with E-state index >= 15 is 0 Å². The highest BCUT2D eigenvalue weighted by molar-refractivity contribution is 8.04. The van der Waals surface area contributed by atoms with Crippen molar-refractivity contribution in [2.24, 2.45) is 0 Å². The highest BCUT2D eigenvalue weighted by Gasteiger charge is 2.41. The zero-order valence-corrected chi connectivity index (χ0v) is 24.3. The van der Waals surface area contributed by atoms with E-state index in [0.717, 1.165) is 81.0 Å². The summed E-state index contributed by atoms with van der Waals surface area (Å²) in [5.41, 5.74) is 3.37. The summed E-state index contributed by atoms with van der Waals surface area (Å²) in [5, 5.41) is 3.43. The molecule has 1 saturated carbocycles. The Morgan fingerprint density at radius 1 is 1.02 bits per heavy atom. The number of hydrogen-bond acceptors (Lipinski definition) is 5. The maximum absolute atomic E-state index is 13.6. The number of carbonyl (C=O) groups is 2. The SMILES string of the molecule is CCc1ccc(/C=C2\SC3CCCCC3N(CC(=O)NCCCN3CCN(c4ccc(F)cc4)CC3)C2=O)cc1. The molecule has 40 heavy (non-hydrogen) atoms. The molecule has 2 aromatic rings. The van der Waals surface area contributed by atoms with E-state index in [1.807, 2.05) is 23.1 Å². The molecule has 3 aliphatic rings. The van der Waals surface area contributed by atoms with Crippen LogP contribution in [-0.2, 0) is 16.0 Å². The number of anilines is 1. The summed E-state index contributed by atoms with van der Waals surface area (Å²) < 4.78 is 13.2. The third-order valence-corrected chi connectivity index (χ3v) is 9.75. The molecule has 2 aliphatic heterocycles. The number of benzene rings is 2. The van der Waals surface area contributed by atoms with Gasteiger partial charge in [0.2, 0.25) is 5.91 Å². The van der Waals surface area contributed by atoms with Gasteiger partial charge in [-0.3, -0.25) is 14.5 Å². The molecule has 2 unspecified atom stereocenters. The minimum absolute atomic E-state index is 0.0121. The number of rotatable bonds is 9. The van der Waals surface area contributed by atoms with Gasteiger partial charge in [-0.05, 0) is 73.7 Å². The first kappa shape index (κ1) is 28.7. The third-order valence-electron chi connectivity index (χ3n) is 8.36. The molecule has 2 atom stereocenters. The summed E-state index contributed by atoms with van der Waals surface area (Å²) in [4.78, 5) is 33.8. The molecule has 214 valence electrons. The highest BCUT2D eigenvalue weighted by Crippen LogP contribution is 2.42. The molecular formula is C32H41FN4O2S. The normalized spacial score (nSPS) is 22.9. The van der Waals surface area contributed by atoms with Crippen LogP contribution in [0.4, 0.5) is 10.1 Å². The van der Waals surface area contributed by atoms with E-state index in [9.17, 15) is 14.0 Å². The number of amides is 2. The molecule has 2 saturated heterocycles. The van der Waals surface area contributed by atoms with Crippen molar-refractivity contribution in [1.82, 2.24) is 15.1 Å². The van der Waals surface area contributed by atoms with Gasteiger partial charge in [-0.2, -0.15) is 0 Å². The zero-order chi connectivity index (χ0) is 27.9. The number of nitrogens with one attached hydrogen (secondary N) is 1. The van der Waals surface area contributed by atoms with Crippen molar-refractivity contribution >= 4 is 35.3 Å². The van der Waals surface area contributed by atoms with Crippen molar-refractivity contribution in [1.29, 1.82) is 0 Å². The molecule has 1 aliphatic carbocycles. The lowest BCUT2D eigenvalue weighted by Crippen LogP contribution is -2.54. The van der Waals surface area contributed by atoms with Crippen LogP contribution in [0.2, 0.25) is 0 Å². The fourth-order valence-electron chi connectivity index (χ4n) is 5.99. The summed E-state index contributed by atoms with van der Waals surface area (Å²) in [6, 6.07) is 15.2. The summed E-state index contributed by atoms with van der Waals surface area (Å²) in [5.74, 6) is -0.291. The van der Waals surface area contributed by atoms with E-state index in [2.05, 4.69) is 46.3 Å². The second-order valence-corrected chi connectivity index (χ2v) is 12.3. The van der Waals surface area contributed by atoms with E-state index in [1.54, 1.807) is 11.8 Å². The smallest absolute Gasteiger partial charge is 0.261 e. The Labute approximate surface area is 242 Å². The lowest BCUT2D eigenvalue weighted by molar-refractivity contribution is -0.135. The van der Waals surface area contributed by atoms with Crippen LogP contribution in [0.15, 0.2) is 53.4 Å². The van der Waals surface area contributed by atoms with Gasteiger partial charge in [0.15, 0.2) is 0 Å². The van der Waals surface area contributed by atoms with Gasteiger partial charge in [0.05, 0.1) is 4.91 Å². The lowest BCUT2D eigenvalue weighted by Gasteiger charge is -2.43. The summed E-state index contributed by atoms with van der Waals surface area (Å²) >= 11 is 1.71. The fourth-order valence-corrected chi connectivity index (χ4v) is 7.46. The molecule has 3 fully saturated rings. The molecule has 0 bridgehead atoms. The summed E-state index contributed by atoms with van der Waals surface area (Å²) in [6.07, 6.45) is 8.21. The topological polar surface area (TPSA) is 55.9 Å². The lowest BCUT2D eigenvalue weighted by atomic mass is 9.93. The van der Waals surface area contributed by atoms with Crippen molar-refractivity contribution in [3.05, 3.63) is 70.4 Å². The number of carbonyl (C=O) groups excluding carboxylic acids is 2. The van der Waals surface area contributed by atoms with Crippen LogP contribution in [0.1, 0.15) is 50.2 Å². The van der Waals surface area contributed by atoms with Crippen LogP contribution in [0.25, 0.3) is 6.08 Å². The van der Waals surface area contributed by atoms with E-state index in [4.69, 9.17) is 0 Å². The molecule has 6 nitrogen and oxygen atoms in total. The van der Waals surface area contributed by atoms with Crippen LogP contribution < -0.4 is 10.2 Å². The quantitative estimate of drug-likeness (QED) is 0.345. The van der Waals surface area contributed by atoms with Gasteiger partial charge in [0.25, 0.3) is 5.91 Å². The summed E-state index contributed by atoms with van der Waals surface area (Å²) in [6.45, 7) is 7.51. The summed E-state index contributed by atoms with van der Waals surface area (Å²) in [7, 11) is 0. The van der Waals surface area contributed by atoms with Crippen molar-refractivity contribution in [3.63, 3.8) is 0 Å². The van der Waals surface area contributed by atoms with Crippen LogP contribution in [0.3, 0.4) is 0 Å². The Balaban J connectivity index is 1.09. The third kappa shape index (κ3) is 7.26. The van der Waals surface area contributed by atoms with Crippen molar-refractivity contribution < 1.29 is 14.0 Å². The second-order valence-electron chi connectivity index (χ2n) is 11.1. The monoisotopic (exact) mass is 564 g/mol. The molecule has 2 heterocycles. The van der Waals surface area contributed by atoms with Gasteiger partial charge < -0.3 is 15.1 Å². The number of hydrogen-bond donors (Lipinski definition) is 1. The average molecular weight is 565 g/mol. The van der Waals surface area contributed by atoms with Crippen molar-refractivity contribution in [2.75, 3.05) is 50.7 Å². The molecular weight excluding hydrogens is 523 g/mol. The number of nitrogens with zero attached hydrogens (tertiary/aromatic N) is 3. The van der Waals surface area contributed by atoms with Crippen LogP contribution in [0, 0.1) is 5.82 Å². The Morgan fingerprint density at radius 3 is 2.48 bits per heavy atom. The number of piperazine rings is 1. The number of halogens is 1.